The molecule has 2 aromatic carbocycles. The number of para-hydroxylation sites is 1. The number of anilines is 1. The molecule has 216 valence electrons. The third-order valence-electron chi connectivity index (χ3n) is 5.52. The number of hydrogen-bond donors (Lipinski definition) is 4. The summed E-state index contributed by atoms with van der Waals surface area (Å²) in [5, 5.41) is 4.95. The van der Waals surface area contributed by atoms with E-state index in [0.717, 1.165) is 21.7 Å². The Morgan fingerprint density at radius 3 is 2.31 bits per heavy atom. The van der Waals surface area contributed by atoms with Crippen LogP contribution in [0.2, 0.25) is 0 Å². The number of carbonyl (C=O) groups excluding carboxylic acids is 1. The van der Waals surface area contributed by atoms with Crippen LogP contribution >= 0.6 is 12.2 Å². The largest absolute Gasteiger partial charge is 0.390 e. The molecule has 0 aromatic heterocycles. The molecule has 0 aliphatic carbocycles. The first-order chi connectivity index (χ1) is 18.3. The number of alkyl halides is 3. The van der Waals surface area contributed by atoms with Crippen LogP contribution in [0.25, 0.3) is 0 Å². The van der Waals surface area contributed by atoms with Crippen molar-refractivity contribution in [3.8, 4) is 0 Å². The first-order valence-corrected chi connectivity index (χ1v) is 13.1. The topological polar surface area (TPSA) is 98.0 Å². The fourth-order valence-corrected chi connectivity index (χ4v) is 3.52. The van der Waals surface area contributed by atoms with Gasteiger partial charge >= 0.3 is 6.18 Å². The molecule has 5 N–H and O–H groups in total. The summed E-state index contributed by atoms with van der Waals surface area (Å²) in [5.74, 6) is 5.69. The van der Waals surface area contributed by atoms with Gasteiger partial charge in [0, 0.05) is 31.9 Å². The zero-order valence-electron chi connectivity index (χ0n) is 23.6. The van der Waals surface area contributed by atoms with Crippen LogP contribution in [0.5, 0.6) is 0 Å². The first-order valence-electron chi connectivity index (χ1n) is 12.6. The number of thiocarbonyl (C=S) groups is 1. The van der Waals surface area contributed by atoms with E-state index in [0.29, 0.717) is 16.9 Å². The van der Waals surface area contributed by atoms with Crippen molar-refractivity contribution in [2.75, 3.05) is 26.0 Å². The normalized spacial score (nSPS) is 14.7. The van der Waals surface area contributed by atoms with Crippen LogP contribution in [-0.2, 0) is 4.79 Å². The van der Waals surface area contributed by atoms with Crippen molar-refractivity contribution in [2.45, 2.75) is 59.3 Å². The molecular formula is C27H40F3N7OS. The second kappa shape index (κ2) is 16.0. The van der Waals surface area contributed by atoms with Gasteiger partial charge in [0.1, 0.15) is 5.84 Å². The maximum atomic E-state index is 12.3. The standard InChI is InChI=1S/C15H19F3N4O.C10H15N3S.C2H6/c1-10-4-6-11(7-5-10)12-19-13(22(3)20-12)14(23)21(2)9-8-15(16,17)18;1-7(2)8-5-3-4-6-9(8)12-10(14)13-11;1-2/h4-7,13H,8-9H2,1-3H3,(H,19,20);3-7H,11H2,1-2H3,(H2,12,13,14);1-2H3. The highest BCUT2D eigenvalue weighted by Gasteiger charge is 2.34. The number of likely N-dealkylation sites (N-methyl/N-ethyl adjacent to an activating group) is 2. The van der Waals surface area contributed by atoms with Gasteiger partial charge in [-0.25, -0.2) is 10.8 Å². The number of amidine groups is 1. The molecule has 39 heavy (non-hydrogen) atoms. The molecule has 0 bridgehead atoms. The third kappa shape index (κ3) is 11.2. The summed E-state index contributed by atoms with van der Waals surface area (Å²) in [6.07, 6.45) is -6.19. The zero-order valence-corrected chi connectivity index (χ0v) is 24.4. The maximum absolute atomic E-state index is 12.3. The monoisotopic (exact) mass is 567 g/mol. The van der Waals surface area contributed by atoms with Gasteiger partial charge in [0.15, 0.2) is 11.3 Å². The number of halogens is 3. The Hall–Kier alpha value is -3.22. The lowest BCUT2D eigenvalue weighted by molar-refractivity contribution is -0.146. The fourth-order valence-electron chi connectivity index (χ4n) is 3.41. The van der Waals surface area contributed by atoms with Gasteiger partial charge in [-0.2, -0.15) is 18.2 Å². The molecule has 0 radical (unpaired) electrons. The summed E-state index contributed by atoms with van der Waals surface area (Å²) in [4.78, 5) is 17.6. The summed E-state index contributed by atoms with van der Waals surface area (Å²) in [6, 6.07) is 15.6. The van der Waals surface area contributed by atoms with Crippen LogP contribution in [0.15, 0.2) is 53.5 Å². The molecule has 0 spiro atoms. The van der Waals surface area contributed by atoms with Crippen LogP contribution in [-0.4, -0.2) is 59.7 Å². The fraction of sp³-hybridized carbons (Fsp3) is 0.444. The summed E-state index contributed by atoms with van der Waals surface area (Å²) in [5.41, 5.74) is 9.51. The second-order valence-corrected chi connectivity index (χ2v) is 9.31. The number of nitrogens with one attached hydrogen (secondary N) is 3. The highest BCUT2D eigenvalue weighted by Crippen LogP contribution is 2.23. The Morgan fingerprint density at radius 1 is 1.18 bits per heavy atom. The van der Waals surface area contributed by atoms with E-state index in [1.165, 1.54) is 17.6 Å². The van der Waals surface area contributed by atoms with Crippen molar-refractivity contribution in [3.63, 3.8) is 0 Å². The minimum atomic E-state index is -4.29. The summed E-state index contributed by atoms with van der Waals surface area (Å²) < 4.78 is 36.8. The van der Waals surface area contributed by atoms with Gasteiger partial charge in [-0.15, -0.1) is 0 Å². The number of hydrogen-bond acceptors (Lipinski definition) is 6. The smallest absolute Gasteiger partial charge is 0.342 e. The number of benzene rings is 2. The number of amides is 1. The average Bonchev–Trinajstić information content (AvgIpc) is 3.29. The predicted molar refractivity (Wildman–Crippen MR) is 156 cm³/mol. The number of rotatable bonds is 6. The van der Waals surface area contributed by atoms with Gasteiger partial charge in [-0.05, 0) is 36.7 Å². The zero-order chi connectivity index (χ0) is 29.8. The van der Waals surface area contributed by atoms with E-state index in [1.807, 2.05) is 63.2 Å². The van der Waals surface area contributed by atoms with E-state index in [2.05, 4.69) is 41.1 Å². The van der Waals surface area contributed by atoms with Crippen molar-refractivity contribution < 1.29 is 18.0 Å². The lowest BCUT2D eigenvalue weighted by Gasteiger charge is -2.23. The summed E-state index contributed by atoms with van der Waals surface area (Å²) >= 11 is 4.94. The van der Waals surface area contributed by atoms with E-state index >= 15 is 0 Å². The average molecular weight is 568 g/mol. The van der Waals surface area contributed by atoms with E-state index in [1.54, 1.807) is 7.05 Å². The molecule has 1 amide bonds. The number of nitrogens with two attached hydrogens (primary N) is 1. The number of nitrogens with zero attached hydrogens (tertiary/aromatic N) is 3. The van der Waals surface area contributed by atoms with Gasteiger partial charge in [-0.1, -0.05) is 75.7 Å². The molecule has 3 rings (SSSR count). The Balaban J connectivity index is 0.000000407. The molecule has 1 atom stereocenters. The summed E-state index contributed by atoms with van der Waals surface area (Å²) in [7, 11) is 2.98. The number of aliphatic imine (C=N–C) groups is 1. The van der Waals surface area contributed by atoms with E-state index in [-0.39, 0.29) is 6.54 Å². The number of aryl methyl sites for hydroxylation is 1. The van der Waals surface area contributed by atoms with Crippen molar-refractivity contribution in [1.29, 1.82) is 0 Å². The maximum Gasteiger partial charge on any atom is 0.390 e. The van der Waals surface area contributed by atoms with Gasteiger partial charge in [-0.3, -0.25) is 4.79 Å². The van der Waals surface area contributed by atoms with Crippen molar-refractivity contribution in [1.82, 2.24) is 20.8 Å². The molecule has 1 aliphatic rings. The van der Waals surface area contributed by atoms with Crippen LogP contribution < -0.4 is 22.0 Å². The second-order valence-electron chi connectivity index (χ2n) is 8.91. The van der Waals surface area contributed by atoms with Crippen molar-refractivity contribution >= 4 is 34.8 Å². The van der Waals surface area contributed by atoms with Crippen molar-refractivity contribution in [3.05, 3.63) is 65.2 Å². The third-order valence-corrected chi connectivity index (χ3v) is 5.74. The SMILES string of the molecule is CC.CC(C)c1ccccc1NC(=S)NN.Cc1ccc(C2=NC(C(=O)N(C)CCC(F)(F)F)N(C)N2)cc1. The van der Waals surface area contributed by atoms with E-state index in [9.17, 15) is 18.0 Å². The first kappa shape index (κ1) is 33.8. The molecule has 12 heteroatoms. The number of carbonyl (C=O) groups is 1. The van der Waals surface area contributed by atoms with Gasteiger partial charge in [0.2, 0.25) is 0 Å². The molecule has 1 unspecified atom stereocenters. The van der Waals surface area contributed by atoms with Crippen molar-refractivity contribution in [2.24, 2.45) is 10.8 Å². The Labute approximate surface area is 234 Å². The lowest BCUT2D eigenvalue weighted by Crippen LogP contribution is -2.47. The molecular weight excluding hydrogens is 527 g/mol. The molecule has 8 nitrogen and oxygen atoms in total. The van der Waals surface area contributed by atoms with Crippen LogP contribution in [0, 0.1) is 6.92 Å². The molecule has 0 fully saturated rings. The highest BCUT2D eigenvalue weighted by molar-refractivity contribution is 7.80. The van der Waals surface area contributed by atoms with Gasteiger partial charge in [0.05, 0.1) is 6.42 Å². The highest BCUT2D eigenvalue weighted by atomic mass is 32.1. The Bertz CT molecular complexity index is 1090. The molecule has 0 saturated carbocycles. The van der Waals surface area contributed by atoms with Crippen LogP contribution in [0.4, 0.5) is 18.9 Å². The molecule has 1 heterocycles. The lowest BCUT2D eigenvalue weighted by atomic mass is 10.0. The minimum absolute atomic E-state index is 0.387. The quantitative estimate of drug-likeness (QED) is 0.223. The van der Waals surface area contributed by atoms with Gasteiger partial charge in [0.25, 0.3) is 5.91 Å². The number of hydrazine groups is 2. The Kier molecular flexibility index (Phi) is 13.9. The molecule has 1 aliphatic heterocycles. The summed E-state index contributed by atoms with van der Waals surface area (Å²) in [6.45, 7) is 9.85. The molecule has 0 saturated heterocycles. The predicted octanol–water partition coefficient (Wildman–Crippen LogP) is 4.92. The molecule has 2 aromatic rings. The Morgan fingerprint density at radius 2 is 1.77 bits per heavy atom. The minimum Gasteiger partial charge on any atom is -0.342 e. The van der Waals surface area contributed by atoms with E-state index < -0.39 is 24.7 Å². The van der Waals surface area contributed by atoms with Gasteiger partial charge < -0.3 is 21.1 Å². The van der Waals surface area contributed by atoms with Crippen LogP contribution in [0.3, 0.4) is 0 Å². The van der Waals surface area contributed by atoms with E-state index in [4.69, 9.17) is 18.1 Å². The van der Waals surface area contributed by atoms with Crippen LogP contribution in [0.1, 0.15) is 56.7 Å².